The summed E-state index contributed by atoms with van der Waals surface area (Å²) in [5.41, 5.74) is 0. The summed E-state index contributed by atoms with van der Waals surface area (Å²) < 4.78 is 52.1. The van der Waals surface area contributed by atoms with Gasteiger partial charge in [-0.2, -0.15) is 5.10 Å². The van der Waals surface area contributed by atoms with Gasteiger partial charge in [-0.05, 0) is 12.1 Å². The molecular formula is C11H11F2N3O3S. The van der Waals surface area contributed by atoms with Crippen LogP contribution in [0.5, 0.6) is 0 Å². The first-order valence-electron chi connectivity index (χ1n) is 5.63. The summed E-state index contributed by atoms with van der Waals surface area (Å²) in [5, 5.41) is 4.56. The summed E-state index contributed by atoms with van der Waals surface area (Å²) in [6, 6.07) is 1.54. The SMILES string of the molecule is CC1C=NN(C(=O)NS(=O)(=O)c2c(F)cccc2F)C1. The molecule has 0 aromatic heterocycles. The number of benzene rings is 1. The van der Waals surface area contributed by atoms with Gasteiger partial charge in [0, 0.05) is 12.1 Å². The molecule has 1 atom stereocenters. The second-order valence-corrected chi connectivity index (χ2v) is 5.90. The molecule has 6 nitrogen and oxygen atoms in total. The minimum Gasteiger partial charge on any atom is -0.246 e. The maximum atomic E-state index is 13.4. The van der Waals surface area contributed by atoms with Crippen LogP contribution in [0.15, 0.2) is 28.2 Å². The Labute approximate surface area is 114 Å². The van der Waals surface area contributed by atoms with Crippen molar-refractivity contribution in [1.29, 1.82) is 0 Å². The van der Waals surface area contributed by atoms with Gasteiger partial charge in [0.15, 0.2) is 4.90 Å². The summed E-state index contributed by atoms with van der Waals surface area (Å²) in [6.07, 6.45) is 1.47. The van der Waals surface area contributed by atoms with E-state index in [4.69, 9.17) is 0 Å². The van der Waals surface area contributed by atoms with Crippen LogP contribution >= 0.6 is 0 Å². The zero-order valence-corrected chi connectivity index (χ0v) is 11.2. The van der Waals surface area contributed by atoms with Gasteiger partial charge in [-0.15, -0.1) is 0 Å². The van der Waals surface area contributed by atoms with Crippen LogP contribution in [0.25, 0.3) is 0 Å². The fourth-order valence-corrected chi connectivity index (χ4v) is 2.74. The number of carbonyl (C=O) groups excluding carboxylic acids is 1. The number of urea groups is 1. The molecule has 1 aliphatic heterocycles. The molecule has 0 saturated carbocycles. The van der Waals surface area contributed by atoms with Crippen LogP contribution in [0.4, 0.5) is 13.6 Å². The maximum Gasteiger partial charge on any atom is 0.351 e. The van der Waals surface area contributed by atoms with Crippen LogP contribution in [0.2, 0.25) is 0 Å². The number of hydrogen-bond donors (Lipinski definition) is 1. The third-order valence-electron chi connectivity index (χ3n) is 2.57. The highest BCUT2D eigenvalue weighted by Crippen LogP contribution is 2.18. The number of rotatable bonds is 2. The largest absolute Gasteiger partial charge is 0.351 e. The molecule has 1 aromatic rings. The first kappa shape index (κ1) is 14.4. The quantitative estimate of drug-likeness (QED) is 0.894. The van der Waals surface area contributed by atoms with Crippen LogP contribution in [-0.2, 0) is 10.0 Å². The van der Waals surface area contributed by atoms with Crippen LogP contribution in [0.3, 0.4) is 0 Å². The number of sulfonamides is 1. The molecule has 1 unspecified atom stereocenters. The molecule has 108 valence electrons. The molecule has 0 fully saturated rings. The van der Waals surface area contributed by atoms with Gasteiger partial charge >= 0.3 is 6.03 Å². The van der Waals surface area contributed by atoms with Crippen molar-refractivity contribution in [3.05, 3.63) is 29.8 Å². The van der Waals surface area contributed by atoms with Gasteiger partial charge in [-0.3, -0.25) is 0 Å². The Kier molecular flexibility index (Phi) is 3.71. The van der Waals surface area contributed by atoms with E-state index < -0.39 is 32.6 Å². The molecule has 1 heterocycles. The van der Waals surface area contributed by atoms with Crippen molar-refractivity contribution in [2.75, 3.05) is 6.54 Å². The molecule has 2 amide bonds. The van der Waals surface area contributed by atoms with E-state index in [1.54, 1.807) is 11.6 Å². The molecule has 1 aliphatic rings. The van der Waals surface area contributed by atoms with Crippen molar-refractivity contribution >= 4 is 22.3 Å². The van der Waals surface area contributed by atoms with E-state index in [1.807, 2.05) is 0 Å². The number of hydrogen-bond acceptors (Lipinski definition) is 4. The van der Waals surface area contributed by atoms with Crippen molar-refractivity contribution in [2.45, 2.75) is 11.8 Å². The molecule has 1 N–H and O–H groups in total. The molecule has 0 spiro atoms. The van der Waals surface area contributed by atoms with Gasteiger partial charge in [0.1, 0.15) is 11.6 Å². The fourth-order valence-electron chi connectivity index (χ4n) is 1.65. The molecule has 2 rings (SSSR count). The molecule has 9 heteroatoms. The number of nitrogens with zero attached hydrogens (tertiary/aromatic N) is 2. The highest BCUT2D eigenvalue weighted by atomic mass is 32.2. The van der Waals surface area contributed by atoms with E-state index in [1.165, 1.54) is 6.21 Å². The maximum absolute atomic E-state index is 13.4. The number of nitrogens with one attached hydrogen (secondary N) is 1. The summed E-state index contributed by atoms with van der Waals surface area (Å²) in [4.78, 5) is 10.5. The summed E-state index contributed by atoms with van der Waals surface area (Å²) in [7, 11) is -4.64. The lowest BCUT2D eigenvalue weighted by atomic mass is 10.2. The Morgan fingerprint density at radius 2 is 2.00 bits per heavy atom. The van der Waals surface area contributed by atoms with E-state index in [-0.39, 0.29) is 12.5 Å². The Bertz CT molecular complexity index is 655. The first-order chi connectivity index (χ1) is 9.31. The van der Waals surface area contributed by atoms with Gasteiger partial charge in [0.25, 0.3) is 10.0 Å². The lowest BCUT2D eigenvalue weighted by Gasteiger charge is -2.14. The number of hydrazone groups is 1. The predicted molar refractivity (Wildman–Crippen MR) is 66.4 cm³/mol. The molecule has 1 aromatic carbocycles. The van der Waals surface area contributed by atoms with Crippen LogP contribution in [-0.4, -0.2) is 32.2 Å². The van der Waals surface area contributed by atoms with E-state index >= 15 is 0 Å². The van der Waals surface area contributed by atoms with Crippen molar-refractivity contribution in [1.82, 2.24) is 9.73 Å². The molecule has 20 heavy (non-hydrogen) atoms. The molecule has 0 saturated heterocycles. The number of carbonyl (C=O) groups is 1. The van der Waals surface area contributed by atoms with Crippen molar-refractivity contribution in [2.24, 2.45) is 11.0 Å². The number of amides is 2. The van der Waals surface area contributed by atoms with Crippen LogP contribution in [0, 0.1) is 17.6 Å². The van der Waals surface area contributed by atoms with Gasteiger partial charge in [-0.25, -0.2) is 31.7 Å². The highest BCUT2D eigenvalue weighted by Gasteiger charge is 2.29. The van der Waals surface area contributed by atoms with Crippen molar-refractivity contribution in [3.8, 4) is 0 Å². The van der Waals surface area contributed by atoms with Gasteiger partial charge in [0.05, 0.1) is 6.54 Å². The van der Waals surface area contributed by atoms with E-state index in [2.05, 4.69) is 5.10 Å². The highest BCUT2D eigenvalue weighted by molar-refractivity contribution is 7.90. The van der Waals surface area contributed by atoms with E-state index in [0.717, 1.165) is 23.2 Å². The summed E-state index contributed by atoms with van der Waals surface area (Å²) in [6.45, 7) is 1.98. The standard InChI is InChI=1S/C11H11F2N3O3S/c1-7-5-14-16(6-7)11(17)15-20(18,19)10-8(12)3-2-4-9(10)13/h2-5,7H,6H2,1H3,(H,15,17). The average molecular weight is 303 g/mol. The Morgan fingerprint density at radius 3 is 2.50 bits per heavy atom. The third kappa shape index (κ3) is 2.77. The van der Waals surface area contributed by atoms with Crippen molar-refractivity contribution < 1.29 is 22.0 Å². The lowest BCUT2D eigenvalue weighted by molar-refractivity contribution is 0.208. The molecule has 0 aliphatic carbocycles. The minimum absolute atomic E-state index is 0.0198. The monoisotopic (exact) mass is 303 g/mol. The summed E-state index contributed by atoms with van der Waals surface area (Å²) in [5.74, 6) is -2.57. The van der Waals surface area contributed by atoms with Crippen molar-refractivity contribution in [3.63, 3.8) is 0 Å². The van der Waals surface area contributed by atoms with Gasteiger partial charge in [0.2, 0.25) is 0 Å². The second kappa shape index (κ2) is 5.16. The minimum atomic E-state index is -4.64. The zero-order chi connectivity index (χ0) is 14.9. The fraction of sp³-hybridized carbons (Fsp3) is 0.273. The summed E-state index contributed by atoms with van der Waals surface area (Å²) >= 11 is 0. The van der Waals surface area contributed by atoms with Crippen LogP contribution < -0.4 is 4.72 Å². The second-order valence-electron chi connectivity index (χ2n) is 4.29. The van der Waals surface area contributed by atoms with Gasteiger partial charge < -0.3 is 0 Å². The molecular weight excluding hydrogens is 292 g/mol. The normalized spacial score (nSPS) is 18.4. The average Bonchev–Trinajstić information content (AvgIpc) is 2.74. The smallest absolute Gasteiger partial charge is 0.246 e. The topological polar surface area (TPSA) is 78.8 Å². The van der Waals surface area contributed by atoms with Gasteiger partial charge in [-0.1, -0.05) is 13.0 Å². The first-order valence-corrected chi connectivity index (χ1v) is 7.12. The number of halogens is 2. The predicted octanol–water partition coefficient (Wildman–Crippen LogP) is 1.30. The van der Waals surface area contributed by atoms with Crippen LogP contribution in [0.1, 0.15) is 6.92 Å². The van der Waals surface area contributed by atoms with E-state index in [9.17, 15) is 22.0 Å². The van der Waals surface area contributed by atoms with E-state index in [0.29, 0.717) is 0 Å². The zero-order valence-electron chi connectivity index (χ0n) is 10.4. The Morgan fingerprint density at radius 1 is 1.40 bits per heavy atom. The Hall–Kier alpha value is -2.03. The Balaban J connectivity index is 2.24. The lowest BCUT2D eigenvalue weighted by Crippen LogP contribution is -2.40. The molecule has 0 bridgehead atoms. The third-order valence-corrected chi connectivity index (χ3v) is 3.94. The molecule has 0 radical (unpaired) electrons.